The van der Waals surface area contributed by atoms with Gasteiger partial charge in [-0.2, -0.15) is 5.26 Å². The topological polar surface area (TPSA) is 45.9 Å². The number of thiophene rings is 1. The minimum atomic E-state index is 0.374. The van der Waals surface area contributed by atoms with E-state index in [1.165, 1.54) is 7.11 Å². The van der Waals surface area contributed by atoms with Crippen LogP contribution < -0.4 is 4.74 Å². The Morgan fingerprint density at radius 3 is 3.07 bits per heavy atom. The van der Waals surface area contributed by atoms with Crippen LogP contribution in [0.1, 0.15) is 5.56 Å². The van der Waals surface area contributed by atoms with Crippen LogP contribution in [0.3, 0.4) is 0 Å². The third-order valence-corrected chi connectivity index (χ3v) is 3.61. The lowest BCUT2D eigenvalue weighted by Crippen LogP contribution is -1.91. The predicted molar refractivity (Wildman–Crippen MR) is 58.6 cm³/mol. The monoisotopic (exact) mass is 268 g/mol. The van der Waals surface area contributed by atoms with Gasteiger partial charge in [0.25, 0.3) is 0 Å². The molecule has 0 radical (unpaired) electrons. The summed E-state index contributed by atoms with van der Waals surface area (Å²) in [6, 6.07) is 3.84. The van der Waals surface area contributed by atoms with Crippen molar-refractivity contribution in [1.82, 2.24) is 4.98 Å². The van der Waals surface area contributed by atoms with Gasteiger partial charge in [-0.3, -0.25) is 0 Å². The zero-order valence-corrected chi connectivity index (χ0v) is 9.65. The highest BCUT2D eigenvalue weighted by Gasteiger charge is 2.10. The summed E-state index contributed by atoms with van der Waals surface area (Å²) in [6.07, 6.45) is 0. The first-order chi connectivity index (χ1) is 6.76. The van der Waals surface area contributed by atoms with Gasteiger partial charge < -0.3 is 4.74 Å². The molecule has 0 fully saturated rings. The summed E-state index contributed by atoms with van der Waals surface area (Å²) in [5.41, 5.74) is 1.31. The number of halogens is 1. The number of aromatic nitrogens is 1. The lowest BCUT2D eigenvalue weighted by molar-refractivity contribution is 0.398. The third-order valence-electron chi connectivity index (χ3n) is 1.78. The van der Waals surface area contributed by atoms with E-state index in [2.05, 4.69) is 27.0 Å². The van der Waals surface area contributed by atoms with Crippen molar-refractivity contribution in [3.05, 3.63) is 21.5 Å². The molecule has 2 aromatic heterocycles. The summed E-state index contributed by atoms with van der Waals surface area (Å²) in [7, 11) is 1.51. The minimum Gasteiger partial charge on any atom is -0.480 e. The van der Waals surface area contributed by atoms with E-state index in [4.69, 9.17) is 10.00 Å². The molecular formula is C9H5BrN2OS. The summed E-state index contributed by atoms with van der Waals surface area (Å²) < 4.78 is 6.93. The van der Waals surface area contributed by atoms with Crippen molar-refractivity contribution >= 4 is 37.5 Å². The van der Waals surface area contributed by atoms with Crippen molar-refractivity contribution in [1.29, 1.82) is 5.26 Å². The fraction of sp³-hybridized carbons (Fsp3) is 0.111. The molecule has 0 aliphatic rings. The van der Waals surface area contributed by atoms with E-state index in [0.717, 1.165) is 14.7 Å². The average Bonchev–Trinajstić information content (AvgIpc) is 2.58. The van der Waals surface area contributed by atoms with Gasteiger partial charge in [0.2, 0.25) is 5.88 Å². The van der Waals surface area contributed by atoms with Crippen LogP contribution in [0.5, 0.6) is 5.88 Å². The average molecular weight is 269 g/mol. The Morgan fingerprint density at radius 2 is 2.43 bits per heavy atom. The molecule has 14 heavy (non-hydrogen) atoms. The van der Waals surface area contributed by atoms with Gasteiger partial charge in [0, 0.05) is 5.38 Å². The normalized spacial score (nSPS) is 10.1. The van der Waals surface area contributed by atoms with E-state index in [0.29, 0.717) is 11.4 Å². The molecule has 0 N–H and O–H groups in total. The van der Waals surface area contributed by atoms with Gasteiger partial charge in [0.1, 0.15) is 11.6 Å². The highest BCUT2D eigenvalue weighted by Crippen LogP contribution is 2.32. The Kier molecular flexibility index (Phi) is 2.40. The number of fused-ring (bicyclic) bond motifs is 1. The van der Waals surface area contributed by atoms with Gasteiger partial charge in [0.15, 0.2) is 0 Å². The molecule has 2 heterocycles. The number of ether oxygens (including phenoxy) is 1. The fourth-order valence-electron chi connectivity index (χ4n) is 1.15. The van der Waals surface area contributed by atoms with Crippen LogP contribution >= 0.6 is 27.3 Å². The number of rotatable bonds is 1. The fourth-order valence-corrected chi connectivity index (χ4v) is 2.65. The molecule has 0 aliphatic carbocycles. The summed E-state index contributed by atoms with van der Waals surface area (Å²) in [4.78, 5) is 4.24. The van der Waals surface area contributed by atoms with Crippen molar-refractivity contribution in [2.24, 2.45) is 0 Å². The Labute approximate surface area is 93.1 Å². The molecule has 0 amide bonds. The van der Waals surface area contributed by atoms with E-state index in [1.54, 1.807) is 17.4 Å². The van der Waals surface area contributed by atoms with Crippen LogP contribution in [-0.2, 0) is 0 Å². The molecule has 2 rings (SSSR count). The van der Waals surface area contributed by atoms with Crippen LogP contribution in [0, 0.1) is 11.3 Å². The number of nitriles is 1. The van der Waals surface area contributed by atoms with Crippen molar-refractivity contribution in [2.45, 2.75) is 0 Å². The van der Waals surface area contributed by atoms with E-state index >= 15 is 0 Å². The van der Waals surface area contributed by atoms with Crippen molar-refractivity contribution in [3.63, 3.8) is 0 Å². The first-order valence-corrected chi connectivity index (χ1v) is 5.45. The Hall–Kier alpha value is -1.12. The summed E-state index contributed by atoms with van der Waals surface area (Å²) in [5.74, 6) is 0.374. The molecule has 2 aromatic rings. The third kappa shape index (κ3) is 1.37. The maximum Gasteiger partial charge on any atom is 0.232 e. The zero-order valence-electron chi connectivity index (χ0n) is 7.24. The summed E-state index contributed by atoms with van der Waals surface area (Å²) in [6.45, 7) is 0. The Morgan fingerprint density at radius 1 is 1.64 bits per heavy atom. The van der Waals surface area contributed by atoms with Gasteiger partial charge >= 0.3 is 0 Å². The number of methoxy groups -OCH3 is 1. The minimum absolute atomic E-state index is 0.374. The molecule has 0 spiro atoms. The molecule has 0 atom stereocenters. The quantitative estimate of drug-likeness (QED) is 0.799. The van der Waals surface area contributed by atoms with Crippen molar-refractivity contribution < 1.29 is 4.74 Å². The summed E-state index contributed by atoms with van der Waals surface area (Å²) >= 11 is 4.93. The lowest BCUT2D eigenvalue weighted by atomic mass is 10.3. The summed E-state index contributed by atoms with van der Waals surface area (Å²) in [5, 5.41) is 10.8. The first kappa shape index (κ1) is 9.44. The number of hydrogen-bond donors (Lipinski definition) is 0. The SMILES string of the molecule is COc1nc2c(Br)csc2cc1C#N. The molecule has 0 aromatic carbocycles. The smallest absolute Gasteiger partial charge is 0.232 e. The predicted octanol–water partition coefficient (Wildman–Crippen LogP) is 2.94. The van der Waals surface area contributed by atoms with Crippen molar-refractivity contribution in [2.75, 3.05) is 7.11 Å². The van der Waals surface area contributed by atoms with Crippen molar-refractivity contribution in [3.8, 4) is 11.9 Å². The highest BCUT2D eigenvalue weighted by atomic mass is 79.9. The molecule has 0 saturated heterocycles. The molecule has 0 saturated carbocycles. The number of nitrogens with zero attached hydrogens (tertiary/aromatic N) is 2. The van der Waals surface area contributed by atoms with Crippen LogP contribution in [-0.4, -0.2) is 12.1 Å². The second-order valence-electron chi connectivity index (χ2n) is 2.59. The maximum atomic E-state index is 8.84. The van der Waals surface area contributed by atoms with E-state index in [-0.39, 0.29) is 0 Å². The molecule has 70 valence electrons. The second-order valence-corrected chi connectivity index (χ2v) is 4.35. The Bertz CT molecular complexity index is 529. The second kappa shape index (κ2) is 3.56. The largest absolute Gasteiger partial charge is 0.480 e. The molecule has 5 heteroatoms. The Balaban J connectivity index is 2.79. The molecule has 0 unspecified atom stereocenters. The van der Waals surface area contributed by atoms with Crippen LogP contribution in [0.4, 0.5) is 0 Å². The van der Waals surface area contributed by atoms with E-state index in [1.807, 2.05) is 5.38 Å². The van der Waals surface area contributed by atoms with Gasteiger partial charge in [-0.1, -0.05) is 0 Å². The molecule has 0 bridgehead atoms. The van der Waals surface area contributed by atoms with Gasteiger partial charge in [0.05, 0.1) is 21.8 Å². The number of hydrogen-bond acceptors (Lipinski definition) is 4. The van der Waals surface area contributed by atoms with Crippen LogP contribution in [0.15, 0.2) is 15.9 Å². The highest BCUT2D eigenvalue weighted by molar-refractivity contribution is 9.10. The maximum absolute atomic E-state index is 8.84. The van der Waals surface area contributed by atoms with Crippen LogP contribution in [0.2, 0.25) is 0 Å². The van der Waals surface area contributed by atoms with Gasteiger partial charge in [-0.05, 0) is 22.0 Å². The van der Waals surface area contributed by atoms with E-state index in [9.17, 15) is 0 Å². The van der Waals surface area contributed by atoms with Crippen LogP contribution in [0.25, 0.3) is 10.2 Å². The lowest BCUT2D eigenvalue weighted by Gasteiger charge is -2.00. The molecule has 0 aliphatic heterocycles. The number of pyridine rings is 1. The first-order valence-electron chi connectivity index (χ1n) is 3.78. The zero-order chi connectivity index (χ0) is 10.1. The van der Waals surface area contributed by atoms with E-state index < -0.39 is 0 Å². The van der Waals surface area contributed by atoms with Gasteiger partial charge in [-0.15, -0.1) is 11.3 Å². The molecular weight excluding hydrogens is 264 g/mol. The molecule has 3 nitrogen and oxygen atoms in total. The van der Waals surface area contributed by atoms with Gasteiger partial charge in [-0.25, -0.2) is 4.98 Å². The standard InChI is InChI=1S/C9H5BrN2OS/c1-13-9-5(3-11)2-7-8(12-9)6(10)4-14-7/h2,4H,1H3.